The van der Waals surface area contributed by atoms with Gasteiger partial charge in [-0.05, 0) is 37.3 Å². The van der Waals surface area contributed by atoms with Gasteiger partial charge in [0.1, 0.15) is 0 Å². The van der Waals surface area contributed by atoms with E-state index in [4.69, 9.17) is 5.73 Å². The number of sulfonamides is 1. The van der Waals surface area contributed by atoms with Gasteiger partial charge in [-0.25, -0.2) is 8.42 Å². The van der Waals surface area contributed by atoms with Gasteiger partial charge in [0.2, 0.25) is 15.9 Å². The number of benzene rings is 1. The van der Waals surface area contributed by atoms with Crippen LogP contribution in [0.4, 0.5) is 0 Å². The number of pyridine rings is 1. The zero-order valence-electron chi connectivity index (χ0n) is 15.1. The summed E-state index contributed by atoms with van der Waals surface area (Å²) in [6.45, 7) is 4.91. The van der Waals surface area contributed by atoms with Crippen molar-refractivity contribution >= 4 is 26.7 Å². The molecule has 0 saturated carbocycles. The zero-order chi connectivity index (χ0) is 18.9. The summed E-state index contributed by atoms with van der Waals surface area (Å²) in [5.74, 6) is -0.152. The second kappa shape index (κ2) is 7.30. The van der Waals surface area contributed by atoms with E-state index in [1.807, 2.05) is 19.9 Å². The first kappa shape index (κ1) is 18.8. The Morgan fingerprint density at radius 1 is 1.27 bits per heavy atom. The molecule has 26 heavy (non-hydrogen) atoms. The Balaban J connectivity index is 2.01. The average Bonchev–Trinajstić information content (AvgIpc) is 2.83. The summed E-state index contributed by atoms with van der Waals surface area (Å²) in [5, 5.41) is 1.50. The number of nitrogens with two attached hydrogens (primary N) is 1. The highest BCUT2D eigenvalue weighted by Crippen LogP contribution is 2.29. The molecule has 2 heterocycles. The van der Waals surface area contributed by atoms with Crippen LogP contribution in [-0.4, -0.2) is 60.7 Å². The van der Waals surface area contributed by atoms with Gasteiger partial charge >= 0.3 is 0 Å². The monoisotopic (exact) mass is 376 g/mol. The van der Waals surface area contributed by atoms with Crippen LogP contribution in [0.1, 0.15) is 18.9 Å². The van der Waals surface area contributed by atoms with Gasteiger partial charge in [0.05, 0.1) is 11.4 Å². The third kappa shape index (κ3) is 3.32. The van der Waals surface area contributed by atoms with Crippen LogP contribution in [0.25, 0.3) is 10.8 Å². The van der Waals surface area contributed by atoms with Crippen LogP contribution in [0.5, 0.6) is 0 Å². The van der Waals surface area contributed by atoms with Crippen molar-refractivity contribution in [2.75, 3.05) is 26.2 Å². The second-order valence-corrected chi connectivity index (χ2v) is 8.53. The summed E-state index contributed by atoms with van der Waals surface area (Å²) in [4.78, 5) is 18.0. The number of aromatic nitrogens is 1. The maximum atomic E-state index is 13.4. The van der Waals surface area contributed by atoms with Crippen molar-refractivity contribution in [1.82, 2.24) is 14.2 Å². The molecule has 1 aliphatic heterocycles. The summed E-state index contributed by atoms with van der Waals surface area (Å²) < 4.78 is 28.3. The van der Waals surface area contributed by atoms with Crippen LogP contribution < -0.4 is 5.73 Å². The van der Waals surface area contributed by atoms with Crippen molar-refractivity contribution in [2.24, 2.45) is 5.73 Å². The molecule has 1 atom stereocenters. The van der Waals surface area contributed by atoms with Gasteiger partial charge in [-0.1, -0.05) is 12.1 Å². The summed E-state index contributed by atoms with van der Waals surface area (Å²) in [6.07, 6.45) is 3.91. The average molecular weight is 376 g/mol. The van der Waals surface area contributed by atoms with Crippen LogP contribution >= 0.6 is 0 Å². The number of fused-ring (bicyclic) bond motifs is 1. The highest BCUT2D eigenvalue weighted by molar-refractivity contribution is 7.89. The molecule has 1 aromatic heterocycles. The second-order valence-electron chi connectivity index (χ2n) is 6.67. The molecular formula is C18H24N4O3S. The maximum absolute atomic E-state index is 13.4. The molecule has 1 aliphatic rings. The summed E-state index contributed by atoms with van der Waals surface area (Å²) >= 11 is 0. The molecule has 0 spiro atoms. The van der Waals surface area contributed by atoms with Crippen molar-refractivity contribution in [2.45, 2.75) is 31.2 Å². The fraction of sp³-hybridized carbons (Fsp3) is 0.444. The van der Waals surface area contributed by atoms with E-state index in [2.05, 4.69) is 4.98 Å². The van der Waals surface area contributed by atoms with Gasteiger partial charge < -0.3 is 10.6 Å². The van der Waals surface area contributed by atoms with Gasteiger partial charge in [0.25, 0.3) is 0 Å². The Morgan fingerprint density at radius 2 is 2.04 bits per heavy atom. The lowest BCUT2D eigenvalue weighted by Gasteiger charge is -2.28. The van der Waals surface area contributed by atoms with Crippen LogP contribution in [-0.2, 0) is 14.8 Å². The van der Waals surface area contributed by atoms with E-state index in [1.165, 1.54) is 4.31 Å². The fourth-order valence-corrected chi connectivity index (χ4v) is 5.37. The number of aryl methyl sites for hydroxylation is 1. The molecule has 1 saturated heterocycles. The first-order chi connectivity index (χ1) is 12.4. The largest absolute Gasteiger partial charge is 0.340 e. The topological polar surface area (TPSA) is 96.6 Å². The van der Waals surface area contributed by atoms with Gasteiger partial charge in [0.15, 0.2) is 0 Å². The van der Waals surface area contributed by atoms with Gasteiger partial charge in [0, 0.05) is 43.5 Å². The minimum Gasteiger partial charge on any atom is -0.340 e. The van der Waals surface area contributed by atoms with E-state index in [0.717, 1.165) is 10.9 Å². The Bertz CT molecular complexity index is 929. The predicted molar refractivity (Wildman–Crippen MR) is 100 cm³/mol. The number of nitrogens with zero attached hydrogens (tertiary/aromatic N) is 3. The molecule has 8 heteroatoms. The number of carbonyl (C=O) groups is 1. The summed E-state index contributed by atoms with van der Waals surface area (Å²) in [5.41, 5.74) is 6.39. The van der Waals surface area contributed by atoms with Crippen LogP contribution in [0.2, 0.25) is 0 Å². The highest BCUT2D eigenvalue weighted by Gasteiger charge is 2.34. The number of carbonyl (C=O) groups excluding carboxylic acids is 1. The van der Waals surface area contributed by atoms with Crippen molar-refractivity contribution in [3.05, 3.63) is 36.2 Å². The quantitative estimate of drug-likeness (QED) is 0.866. The molecule has 0 bridgehead atoms. The zero-order valence-corrected chi connectivity index (χ0v) is 15.9. The Kier molecular flexibility index (Phi) is 5.27. The predicted octanol–water partition coefficient (Wildman–Crippen LogP) is 1.11. The normalized spacial score (nSPS) is 19.5. The third-order valence-electron chi connectivity index (χ3n) is 4.86. The minimum absolute atomic E-state index is 0.0618. The van der Waals surface area contributed by atoms with E-state index < -0.39 is 10.0 Å². The molecule has 1 amide bonds. The molecule has 7 nitrogen and oxygen atoms in total. The Hall–Kier alpha value is -2.03. The van der Waals surface area contributed by atoms with Crippen molar-refractivity contribution < 1.29 is 13.2 Å². The number of hydrogen-bond donors (Lipinski definition) is 1. The number of amides is 1. The summed E-state index contributed by atoms with van der Waals surface area (Å²) in [7, 11) is -3.71. The highest BCUT2D eigenvalue weighted by atomic mass is 32.2. The molecule has 0 aliphatic carbocycles. The van der Waals surface area contributed by atoms with Crippen LogP contribution in [0, 0.1) is 6.92 Å². The third-order valence-corrected chi connectivity index (χ3v) is 6.93. The number of hydrogen-bond acceptors (Lipinski definition) is 5. The smallest absolute Gasteiger partial charge is 0.244 e. The minimum atomic E-state index is -3.71. The van der Waals surface area contributed by atoms with E-state index in [1.54, 1.807) is 29.4 Å². The van der Waals surface area contributed by atoms with E-state index in [-0.39, 0.29) is 23.4 Å². The molecule has 0 unspecified atom stereocenters. The fourth-order valence-electron chi connectivity index (χ4n) is 3.52. The standard InChI is InChI=1S/C18H24N4O3S/c1-13-10-20-11-16-15(13)5-3-6-17(16)26(24,25)22-8-4-7-21(12-14(22)2)18(23)9-19/h3,5-6,10-11,14H,4,7-9,12,19H2,1-2H3/t14-/m0/s1. The first-order valence-corrected chi connectivity index (χ1v) is 10.1. The lowest BCUT2D eigenvalue weighted by molar-refractivity contribution is -0.129. The summed E-state index contributed by atoms with van der Waals surface area (Å²) in [6, 6.07) is 4.96. The SMILES string of the molecule is Cc1cncc2c(S(=O)(=O)N3CCCN(C(=O)CN)C[C@@H]3C)cccc12. The molecule has 3 rings (SSSR count). The first-order valence-electron chi connectivity index (χ1n) is 8.69. The number of rotatable bonds is 3. The molecule has 2 aromatic rings. The van der Waals surface area contributed by atoms with Crippen molar-refractivity contribution in [3.8, 4) is 0 Å². The maximum Gasteiger partial charge on any atom is 0.244 e. The Labute approximate surface area is 153 Å². The van der Waals surface area contributed by atoms with Crippen molar-refractivity contribution in [1.29, 1.82) is 0 Å². The van der Waals surface area contributed by atoms with Gasteiger partial charge in [-0.3, -0.25) is 9.78 Å². The Morgan fingerprint density at radius 3 is 2.77 bits per heavy atom. The van der Waals surface area contributed by atoms with E-state index in [0.29, 0.717) is 31.4 Å². The van der Waals surface area contributed by atoms with E-state index in [9.17, 15) is 13.2 Å². The molecule has 0 radical (unpaired) electrons. The van der Waals surface area contributed by atoms with Crippen LogP contribution in [0.15, 0.2) is 35.5 Å². The van der Waals surface area contributed by atoms with E-state index >= 15 is 0 Å². The molecule has 140 valence electrons. The van der Waals surface area contributed by atoms with Gasteiger partial charge in [-0.2, -0.15) is 4.31 Å². The molecular weight excluding hydrogens is 352 g/mol. The van der Waals surface area contributed by atoms with Gasteiger partial charge in [-0.15, -0.1) is 0 Å². The molecule has 1 aromatic carbocycles. The van der Waals surface area contributed by atoms with Crippen LogP contribution in [0.3, 0.4) is 0 Å². The van der Waals surface area contributed by atoms with Crippen molar-refractivity contribution in [3.63, 3.8) is 0 Å². The lowest BCUT2D eigenvalue weighted by Crippen LogP contribution is -2.45. The molecule has 1 fully saturated rings. The molecule has 2 N–H and O–H groups in total. The lowest BCUT2D eigenvalue weighted by atomic mass is 10.1.